The van der Waals surface area contributed by atoms with E-state index in [2.05, 4.69) is 19.1 Å². The van der Waals surface area contributed by atoms with Crippen molar-refractivity contribution in [3.8, 4) is 5.75 Å². The van der Waals surface area contributed by atoms with Gasteiger partial charge < -0.3 is 4.74 Å². The van der Waals surface area contributed by atoms with Crippen LogP contribution in [0.2, 0.25) is 0 Å². The molecule has 4 rings (SSSR count). The summed E-state index contributed by atoms with van der Waals surface area (Å²) < 4.78 is 46.1. The molecular weight excluding hydrogens is 417 g/mol. The second-order valence-corrected chi connectivity index (χ2v) is 9.61. The number of aryl methyl sites for hydroxylation is 1. The van der Waals surface area contributed by atoms with Crippen molar-refractivity contribution in [1.82, 2.24) is 4.72 Å². The first-order chi connectivity index (χ1) is 14.7. The summed E-state index contributed by atoms with van der Waals surface area (Å²) in [5.74, 6) is -0.605. The first-order valence-corrected chi connectivity index (χ1v) is 11.4. The van der Waals surface area contributed by atoms with Crippen LogP contribution in [0.15, 0.2) is 77.7 Å². The van der Waals surface area contributed by atoms with Gasteiger partial charge in [0.2, 0.25) is 0 Å². The van der Waals surface area contributed by atoms with Crippen molar-refractivity contribution in [2.24, 2.45) is 0 Å². The molecule has 1 amide bonds. The Kier molecular flexibility index (Phi) is 5.54. The van der Waals surface area contributed by atoms with E-state index in [0.717, 1.165) is 42.7 Å². The minimum absolute atomic E-state index is 0.180. The van der Waals surface area contributed by atoms with Crippen LogP contribution in [0.25, 0.3) is 0 Å². The number of nitrogens with one attached hydrogen (secondary N) is 1. The summed E-state index contributed by atoms with van der Waals surface area (Å²) in [7, 11) is -4.10. The standard InChI is InChI=1S/C24H22FNO4S/c1-24(16-17-5-3-2-4-6-17)14-13-18-15-19(7-12-22(18)30-24)23(27)26-31(28,29)21-10-8-20(25)9-11-21/h2-12,15H,13-14,16H2,1H3,(H,26,27). The van der Waals surface area contributed by atoms with Gasteiger partial charge in [-0.3, -0.25) is 4.79 Å². The van der Waals surface area contributed by atoms with E-state index >= 15 is 0 Å². The van der Waals surface area contributed by atoms with E-state index in [9.17, 15) is 17.6 Å². The third-order valence-corrected chi connectivity index (χ3v) is 6.72. The quantitative estimate of drug-likeness (QED) is 0.644. The first-order valence-electron chi connectivity index (χ1n) is 9.93. The topological polar surface area (TPSA) is 72.5 Å². The smallest absolute Gasteiger partial charge is 0.265 e. The molecule has 160 valence electrons. The number of amides is 1. The second kappa shape index (κ2) is 8.15. The zero-order valence-corrected chi connectivity index (χ0v) is 17.8. The Labute approximate surface area is 180 Å². The van der Waals surface area contributed by atoms with Crippen molar-refractivity contribution in [3.63, 3.8) is 0 Å². The molecule has 0 aromatic heterocycles. The molecule has 31 heavy (non-hydrogen) atoms. The summed E-state index contributed by atoms with van der Waals surface area (Å²) in [5, 5.41) is 0. The average molecular weight is 440 g/mol. The van der Waals surface area contributed by atoms with Crippen molar-refractivity contribution in [1.29, 1.82) is 0 Å². The van der Waals surface area contributed by atoms with Gasteiger partial charge >= 0.3 is 0 Å². The Balaban J connectivity index is 1.49. The molecule has 1 atom stereocenters. The van der Waals surface area contributed by atoms with Gasteiger partial charge in [0.05, 0.1) is 4.90 Å². The van der Waals surface area contributed by atoms with E-state index in [-0.39, 0.29) is 16.1 Å². The number of rotatable bonds is 5. The van der Waals surface area contributed by atoms with Crippen LogP contribution in [-0.4, -0.2) is 19.9 Å². The van der Waals surface area contributed by atoms with Crippen molar-refractivity contribution < 1.29 is 22.3 Å². The summed E-state index contributed by atoms with van der Waals surface area (Å²) in [6.07, 6.45) is 2.25. The van der Waals surface area contributed by atoms with Gasteiger partial charge in [0.15, 0.2) is 0 Å². The maximum Gasteiger partial charge on any atom is 0.265 e. The summed E-state index contributed by atoms with van der Waals surface area (Å²) in [6, 6.07) is 19.3. The molecule has 1 aliphatic heterocycles. The van der Waals surface area contributed by atoms with Crippen molar-refractivity contribution in [2.45, 2.75) is 36.7 Å². The van der Waals surface area contributed by atoms with Crippen LogP contribution in [0.1, 0.15) is 34.8 Å². The predicted molar refractivity (Wildman–Crippen MR) is 115 cm³/mol. The molecule has 0 aliphatic carbocycles. The van der Waals surface area contributed by atoms with Crippen LogP contribution in [0.4, 0.5) is 4.39 Å². The average Bonchev–Trinajstić information content (AvgIpc) is 2.74. The Morgan fingerprint density at radius 1 is 1.06 bits per heavy atom. The SMILES string of the molecule is CC1(Cc2ccccc2)CCc2cc(C(=O)NS(=O)(=O)c3ccc(F)cc3)ccc2O1. The molecule has 0 spiro atoms. The molecule has 1 heterocycles. The summed E-state index contributed by atoms with van der Waals surface area (Å²) in [5.41, 5.74) is 1.91. The Morgan fingerprint density at radius 3 is 2.48 bits per heavy atom. The monoisotopic (exact) mass is 439 g/mol. The molecule has 7 heteroatoms. The highest BCUT2D eigenvalue weighted by atomic mass is 32.2. The largest absolute Gasteiger partial charge is 0.487 e. The molecule has 5 nitrogen and oxygen atoms in total. The number of hydrogen-bond acceptors (Lipinski definition) is 4. The second-order valence-electron chi connectivity index (χ2n) is 7.93. The molecule has 0 fully saturated rings. The van der Waals surface area contributed by atoms with Crippen molar-refractivity contribution >= 4 is 15.9 Å². The number of hydrogen-bond donors (Lipinski definition) is 1. The van der Waals surface area contributed by atoms with Gasteiger partial charge in [-0.05, 0) is 73.4 Å². The van der Waals surface area contributed by atoms with Gasteiger partial charge in [0.25, 0.3) is 15.9 Å². The normalized spacial score (nSPS) is 18.0. The Hall–Kier alpha value is -3.19. The fourth-order valence-electron chi connectivity index (χ4n) is 3.74. The van der Waals surface area contributed by atoms with Crippen LogP contribution < -0.4 is 9.46 Å². The molecule has 1 aliphatic rings. The van der Waals surface area contributed by atoms with Gasteiger partial charge in [-0.1, -0.05) is 30.3 Å². The minimum Gasteiger partial charge on any atom is -0.487 e. The maximum absolute atomic E-state index is 13.0. The van der Waals surface area contributed by atoms with E-state index in [1.807, 2.05) is 22.9 Å². The predicted octanol–water partition coefficient (Wildman–Crippen LogP) is 4.27. The van der Waals surface area contributed by atoms with Crippen LogP contribution in [0.5, 0.6) is 5.75 Å². The zero-order valence-electron chi connectivity index (χ0n) is 17.0. The first kappa shape index (κ1) is 21.1. The maximum atomic E-state index is 13.0. The number of sulfonamides is 1. The lowest BCUT2D eigenvalue weighted by Gasteiger charge is -2.36. The van der Waals surface area contributed by atoms with Gasteiger partial charge in [0.1, 0.15) is 17.2 Å². The van der Waals surface area contributed by atoms with Crippen molar-refractivity contribution in [2.75, 3.05) is 0 Å². The third-order valence-electron chi connectivity index (χ3n) is 5.37. The fourth-order valence-corrected chi connectivity index (χ4v) is 4.71. The lowest BCUT2D eigenvalue weighted by Crippen LogP contribution is -2.38. The fraction of sp³-hybridized carbons (Fsp3) is 0.208. The molecule has 3 aromatic carbocycles. The van der Waals surface area contributed by atoms with Crippen LogP contribution >= 0.6 is 0 Å². The Bertz CT molecular complexity index is 1210. The molecule has 1 unspecified atom stereocenters. The highest BCUT2D eigenvalue weighted by Crippen LogP contribution is 2.35. The minimum atomic E-state index is -4.10. The van der Waals surface area contributed by atoms with E-state index in [0.29, 0.717) is 12.2 Å². The summed E-state index contributed by atoms with van der Waals surface area (Å²) >= 11 is 0. The number of fused-ring (bicyclic) bond motifs is 1. The van der Waals surface area contributed by atoms with E-state index < -0.39 is 21.7 Å². The lowest BCUT2D eigenvalue weighted by molar-refractivity contribution is 0.0654. The molecule has 3 aromatic rings. The number of carbonyl (C=O) groups is 1. The van der Waals surface area contributed by atoms with Gasteiger partial charge in [0, 0.05) is 12.0 Å². The van der Waals surface area contributed by atoms with E-state index in [1.165, 1.54) is 5.56 Å². The molecular formula is C24H22FNO4S. The number of halogens is 1. The lowest BCUT2D eigenvalue weighted by atomic mass is 9.87. The summed E-state index contributed by atoms with van der Waals surface area (Å²) in [6.45, 7) is 2.07. The number of ether oxygens (including phenoxy) is 1. The molecule has 0 radical (unpaired) electrons. The van der Waals surface area contributed by atoms with Gasteiger partial charge in [-0.25, -0.2) is 17.5 Å². The number of carbonyl (C=O) groups excluding carboxylic acids is 1. The van der Waals surface area contributed by atoms with E-state index in [4.69, 9.17) is 4.74 Å². The highest BCUT2D eigenvalue weighted by molar-refractivity contribution is 7.90. The molecule has 0 saturated heterocycles. The van der Waals surface area contributed by atoms with Gasteiger partial charge in [-0.2, -0.15) is 0 Å². The third kappa shape index (κ3) is 4.77. The van der Waals surface area contributed by atoms with Gasteiger partial charge in [-0.15, -0.1) is 0 Å². The van der Waals surface area contributed by atoms with Crippen LogP contribution in [0.3, 0.4) is 0 Å². The van der Waals surface area contributed by atoms with Crippen molar-refractivity contribution in [3.05, 3.63) is 95.3 Å². The zero-order chi connectivity index (χ0) is 22.1. The molecule has 0 bridgehead atoms. The summed E-state index contributed by atoms with van der Waals surface area (Å²) in [4.78, 5) is 12.4. The molecule has 1 N–H and O–H groups in total. The molecule has 0 saturated carbocycles. The van der Waals surface area contributed by atoms with Crippen LogP contribution in [0, 0.1) is 5.82 Å². The van der Waals surface area contributed by atoms with Crippen LogP contribution in [-0.2, 0) is 22.9 Å². The number of benzene rings is 3. The Morgan fingerprint density at radius 2 is 1.77 bits per heavy atom. The van der Waals surface area contributed by atoms with E-state index in [1.54, 1.807) is 18.2 Å². The highest BCUT2D eigenvalue weighted by Gasteiger charge is 2.32.